The summed E-state index contributed by atoms with van der Waals surface area (Å²) in [5.74, 6) is 0. The number of hydrogen-bond acceptors (Lipinski definition) is 4. The number of hydrogen-bond donors (Lipinski definition) is 0. The van der Waals surface area contributed by atoms with Crippen LogP contribution in [0, 0.1) is 5.51 Å². The Bertz CT molecular complexity index is 273. The van der Waals surface area contributed by atoms with Crippen LogP contribution in [0.15, 0.2) is 5.38 Å². The molecule has 0 aliphatic heterocycles. The molecule has 0 saturated heterocycles. The maximum atomic E-state index is 11.6. The Balaban J connectivity index is 2.56. The van der Waals surface area contributed by atoms with Gasteiger partial charge in [0, 0.05) is 12.0 Å². The van der Waals surface area contributed by atoms with Crippen molar-refractivity contribution in [1.29, 1.82) is 0 Å². The third kappa shape index (κ3) is 3.05. The summed E-state index contributed by atoms with van der Waals surface area (Å²) >= 11 is 1.39. The van der Waals surface area contributed by atoms with Crippen LogP contribution in [-0.2, 0) is 15.3 Å². The first-order valence-electron chi connectivity index (χ1n) is 3.65. The number of thiazole rings is 1. The largest absolute Gasteiger partial charge is 0.329 e. The molecule has 0 aromatic carbocycles. The molecular formula is C7H11NO2PS. The van der Waals surface area contributed by atoms with E-state index in [0.717, 1.165) is 5.69 Å². The molecule has 0 aliphatic carbocycles. The van der Waals surface area contributed by atoms with Crippen molar-refractivity contribution in [1.82, 2.24) is 4.98 Å². The first-order valence-corrected chi connectivity index (χ1v) is 6.79. The maximum Gasteiger partial charge on any atom is 0.206 e. The van der Waals surface area contributed by atoms with Crippen molar-refractivity contribution < 1.29 is 9.09 Å². The van der Waals surface area contributed by atoms with Crippen molar-refractivity contribution >= 4 is 18.7 Å². The summed E-state index contributed by atoms with van der Waals surface area (Å²) in [6.07, 6.45) is 0.418. The van der Waals surface area contributed by atoms with E-state index in [0.29, 0.717) is 12.8 Å². The highest BCUT2D eigenvalue weighted by atomic mass is 32.1. The Hall–Kier alpha value is -0.180. The van der Waals surface area contributed by atoms with Crippen LogP contribution in [0.1, 0.15) is 12.6 Å². The minimum atomic E-state index is -2.46. The summed E-state index contributed by atoms with van der Waals surface area (Å²) in [5, 5.41) is 1.84. The van der Waals surface area contributed by atoms with Gasteiger partial charge in [-0.25, -0.2) is 4.98 Å². The van der Waals surface area contributed by atoms with Crippen molar-refractivity contribution in [3.05, 3.63) is 16.6 Å². The zero-order chi connectivity index (χ0) is 9.03. The summed E-state index contributed by atoms with van der Waals surface area (Å²) in [6.45, 7) is 3.96. The molecule has 1 aromatic rings. The van der Waals surface area contributed by atoms with Gasteiger partial charge in [-0.05, 0) is 6.92 Å². The van der Waals surface area contributed by atoms with Crippen molar-refractivity contribution in [3.63, 3.8) is 0 Å². The highest BCUT2D eigenvalue weighted by Crippen LogP contribution is 2.45. The predicted molar refractivity (Wildman–Crippen MR) is 49.8 cm³/mol. The number of nitrogens with zero attached hydrogens (tertiary/aromatic N) is 1. The zero-order valence-corrected chi connectivity index (χ0v) is 8.82. The normalized spacial score (nSPS) is 15.8. The lowest BCUT2D eigenvalue weighted by molar-refractivity contribution is 0.336. The molecule has 1 heterocycles. The molecule has 0 saturated carbocycles. The average Bonchev–Trinajstić information content (AvgIpc) is 2.38. The first-order chi connectivity index (χ1) is 5.64. The van der Waals surface area contributed by atoms with Crippen molar-refractivity contribution in [2.45, 2.75) is 13.1 Å². The topological polar surface area (TPSA) is 39.2 Å². The van der Waals surface area contributed by atoms with Crippen LogP contribution >= 0.6 is 18.7 Å². The van der Waals surface area contributed by atoms with E-state index in [-0.39, 0.29) is 0 Å². The molecule has 0 amide bonds. The van der Waals surface area contributed by atoms with Gasteiger partial charge in [0.2, 0.25) is 7.37 Å². The lowest BCUT2D eigenvalue weighted by Crippen LogP contribution is -1.92. The molecule has 1 rings (SSSR count). The smallest absolute Gasteiger partial charge is 0.206 e. The van der Waals surface area contributed by atoms with E-state index in [4.69, 9.17) is 4.52 Å². The third-order valence-electron chi connectivity index (χ3n) is 1.29. The highest BCUT2D eigenvalue weighted by Gasteiger charge is 2.16. The van der Waals surface area contributed by atoms with E-state index in [1.54, 1.807) is 6.66 Å². The fourth-order valence-electron chi connectivity index (χ4n) is 0.891. The summed E-state index contributed by atoms with van der Waals surface area (Å²) in [6, 6.07) is 0. The van der Waals surface area contributed by atoms with Crippen LogP contribution in [0.4, 0.5) is 0 Å². The summed E-state index contributed by atoms with van der Waals surface area (Å²) < 4.78 is 16.7. The fraction of sp³-hybridized carbons (Fsp3) is 0.571. The Morgan fingerprint density at radius 1 is 1.83 bits per heavy atom. The number of aromatic nitrogens is 1. The van der Waals surface area contributed by atoms with Gasteiger partial charge in [-0.15, -0.1) is 11.3 Å². The minimum absolute atomic E-state index is 0.418. The Labute approximate surface area is 76.2 Å². The molecule has 0 spiro atoms. The SMILES string of the molecule is CCOP(C)(=O)Cc1cs[c]n1. The van der Waals surface area contributed by atoms with E-state index >= 15 is 0 Å². The summed E-state index contributed by atoms with van der Waals surface area (Å²) in [5.41, 5.74) is 3.51. The van der Waals surface area contributed by atoms with Crippen molar-refractivity contribution in [2.75, 3.05) is 13.3 Å². The second kappa shape index (κ2) is 4.17. The van der Waals surface area contributed by atoms with Gasteiger partial charge in [0.05, 0.1) is 18.5 Å². The van der Waals surface area contributed by atoms with Crippen LogP contribution in [0.3, 0.4) is 0 Å². The fourth-order valence-corrected chi connectivity index (χ4v) is 2.90. The van der Waals surface area contributed by atoms with E-state index in [9.17, 15) is 4.57 Å². The molecule has 0 aliphatic rings. The molecule has 1 radical (unpaired) electrons. The van der Waals surface area contributed by atoms with Gasteiger partial charge in [-0.2, -0.15) is 0 Å². The molecule has 67 valence electrons. The van der Waals surface area contributed by atoms with Gasteiger partial charge in [0.25, 0.3) is 0 Å². The Morgan fingerprint density at radius 3 is 3.08 bits per heavy atom. The highest BCUT2D eigenvalue weighted by molar-refractivity contribution is 7.57. The van der Waals surface area contributed by atoms with E-state index < -0.39 is 7.37 Å². The van der Waals surface area contributed by atoms with E-state index in [1.165, 1.54) is 11.3 Å². The summed E-state index contributed by atoms with van der Waals surface area (Å²) in [4.78, 5) is 3.92. The van der Waals surface area contributed by atoms with Gasteiger partial charge in [0.1, 0.15) is 0 Å². The van der Waals surface area contributed by atoms with E-state index in [1.807, 2.05) is 12.3 Å². The van der Waals surface area contributed by atoms with Gasteiger partial charge in [0.15, 0.2) is 5.51 Å². The molecule has 1 unspecified atom stereocenters. The van der Waals surface area contributed by atoms with Gasteiger partial charge < -0.3 is 4.52 Å². The third-order valence-corrected chi connectivity index (χ3v) is 3.58. The molecule has 5 heteroatoms. The first kappa shape index (κ1) is 9.90. The van der Waals surface area contributed by atoms with Crippen molar-refractivity contribution in [2.24, 2.45) is 0 Å². The Kier molecular flexibility index (Phi) is 3.44. The monoisotopic (exact) mass is 204 g/mol. The molecular weight excluding hydrogens is 193 g/mol. The van der Waals surface area contributed by atoms with Crippen molar-refractivity contribution in [3.8, 4) is 0 Å². The Morgan fingerprint density at radius 2 is 2.58 bits per heavy atom. The van der Waals surface area contributed by atoms with Gasteiger partial charge in [-0.1, -0.05) is 0 Å². The molecule has 1 atom stereocenters. The average molecular weight is 204 g/mol. The molecule has 3 nitrogen and oxygen atoms in total. The second-order valence-corrected chi connectivity index (χ2v) is 5.78. The predicted octanol–water partition coefficient (Wildman–Crippen LogP) is 2.39. The lowest BCUT2D eigenvalue weighted by atomic mass is 10.6. The summed E-state index contributed by atoms with van der Waals surface area (Å²) in [7, 11) is -2.46. The lowest BCUT2D eigenvalue weighted by Gasteiger charge is -2.09. The molecule has 0 N–H and O–H groups in total. The standard InChI is InChI=1S/C7H11NO2PS/c1-3-10-11(2,9)4-7-5-12-6-8-7/h5H,3-4H2,1-2H3. The second-order valence-electron chi connectivity index (χ2n) is 2.52. The maximum absolute atomic E-state index is 11.6. The van der Waals surface area contributed by atoms with Gasteiger partial charge >= 0.3 is 0 Å². The number of rotatable bonds is 4. The van der Waals surface area contributed by atoms with Gasteiger partial charge in [-0.3, -0.25) is 4.57 Å². The molecule has 0 bridgehead atoms. The van der Waals surface area contributed by atoms with Crippen LogP contribution in [0.25, 0.3) is 0 Å². The molecule has 0 fully saturated rings. The minimum Gasteiger partial charge on any atom is -0.329 e. The zero-order valence-electron chi connectivity index (χ0n) is 7.11. The van der Waals surface area contributed by atoms with E-state index in [2.05, 4.69) is 10.5 Å². The van der Waals surface area contributed by atoms with Crippen LogP contribution < -0.4 is 0 Å². The van der Waals surface area contributed by atoms with Crippen LogP contribution in [0.2, 0.25) is 0 Å². The molecule has 1 aromatic heterocycles. The molecule has 12 heavy (non-hydrogen) atoms. The quantitative estimate of drug-likeness (QED) is 0.707. The van der Waals surface area contributed by atoms with Crippen LogP contribution in [0.5, 0.6) is 0 Å². The van der Waals surface area contributed by atoms with Crippen LogP contribution in [-0.4, -0.2) is 18.3 Å².